The molecule has 1 heterocycles. The van der Waals surface area contributed by atoms with Crippen LogP contribution in [0.3, 0.4) is 0 Å². The Kier molecular flexibility index (Phi) is 5.62. The van der Waals surface area contributed by atoms with Gasteiger partial charge in [0, 0.05) is 6.92 Å². The van der Waals surface area contributed by atoms with Crippen molar-refractivity contribution in [3.63, 3.8) is 0 Å². The van der Waals surface area contributed by atoms with E-state index in [0.717, 1.165) is 23.6 Å². The SMILES string of the molecule is CCn1c(C)[n+](C[C@@H](O)COc2ccc(C(C)C)cc2)c2ccccc21. The van der Waals surface area contributed by atoms with E-state index in [0.29, 0.717) is 12.5 Å². The van der Waals surface area contributed by atoms with Gasteiger partial charge in [-0.3, -0.25) is 0 Å². The zero-order chi connectivity index (χ0) is 18.7. The Labute approximate surface area is 155 Å². The van der Waals surface area contributed by atoms with Gasteiger partial charge in [0.05, 0.1) is 6.54 Å². The largest absolute Gasteiger partial charge is 0.491 e. The number of para-hydroxylation sites is 2. The van der Waals surface area contributed by atoms with Gasteiger partial charge in [0.1, 0.15) is 25.0 Å². The highest BCUT2D eigenvalue weighted by Gasteiger charge is 2.22. The molecular weight excluding hydrogens is 324 g/mol. The molecule has 0 saturated carbocycles. The Morgan fingerprint density at radius 2 is 1.77 bits per heavy atom. The first-order chi connectivity index (χ1) is 12.5. The minimum absolute atomic E-state index is 0.277. The van der Waals surface area contributed by atoms with Crippen LogP contribution in [0.5, 0.6) is 5.75 Å². The lowest BCUT2D eigenvalue weighted by Crippen LogP contribution is -2.44. The molecule has 0 spiro atoms. The van der Waals surface area contributed by atoms with Gasteiger partial charge >= 0.3 is 0 Å². The van der Waals surface area contributed by atoms with Gasteiger partial charge in [0.15, 0.2) is 11.0 Å². The van der Waals surface area contributed by atoms with Gasteiger partial charge in [-0.25, -0.2) is 9.13 Å². The Bertz CT molecular complexity index is 866. The monoisotopic (exact) mass is 353 g/mol. The lowest BCUT2D eigenvalue weighted by molar-refractivity contribution is -0.685. The molecule has 1 N–H and O–H groups in total. The lowest BCUT2D eigenvalue weighted by Gasteiger charge is -2.12. The van der Waals surface area contributed by atoms with Crippen molar-refractivity contribution in [2.24, 2.45) is 0 Å². The number of imidazole rings is 1. The maximum atomic E-state index is 10.5. The molecule has 1 atom stereocenters. The smallest absolute Gasteiger partial charge is 0.254 e. The molecule has 138 valence electrons. The van der Waals surface area contributed by atoms with E-state index in [1.54, 1.807) is 0 Å². The highest BCUT2D eigenvalue weighted by Crippen LogP contribution is 2.19. The first-order valence-electron chi connectivity index (χ1n) is 9.39. The maximum absolute atomic E-state index is 10.5. The standard InChI is InChI=1S/C22H29N2O2/c1-5-23-17(4)24(22-9-7-6-8-21(22)23)14-19(25)15-26-20-12-10-18(11-13-20)16(2)3/h6-13,16,19,25H,5,14-15H2,1-4H3/q+1/t19-/m1/s1. The molecule has 0 fully saturated rings. The number of aryl methyl sites for hydroxylation is 1. The van der Waals surface area contributed by atoms with Crippen LogP contribution in [0.2, 0.25) is 0 Å². The van der Waals surface area contributed by atoms with Crippen LogP contribution in [0.15, 0.2) is 48.5 Å². The number of aliphatic hydroxyl groups excluding tert-OH is 1. The first-order valence-corrected chi connectivity index (χ1v) is 9.39. The Morgan fingerprint density at radius 3 is 2.42 bits per heavy atom. The van der Waals surface area contributed by atoms with Crippen LogP contribution in [-0.2, 0) is 13.1 Å². The van der Waals surface area contributed by atoms with Gasteiger partial charge in [-0.15, -0.1) is 0 Å². The molecule has 3 rings (SSSR count). The average molecular weight is 353 g/mol. The molecule has 0 saturated heterocycles. The summed E-state index contributed by atoms with van der Waals surface area (Å²) in [5.74, 6) is 2.45. The Hall–Kier alpha value is -2.33. The van der Waals surface area contributed by atoms with E-state index >= 15 is 0 Å². The summed E-state index contributed by atoms with van der Waals surface area (Å²) in [6.07, 6.45) is -0.570. The quantitative estimate of drug-likeness (QED) is 0.656. The van der Waals surface area contributed by atoms with Crippen molar-refractivity contribution in [1.82, 2.24) is 4.57 Å². The van der Waals surface area contributed by atoms with Gasteiger partial charge in [-0.05, 0) is 42.7 Å². The zero-order valence-electron chi connectivity index (χ0n) is 16.1. The van der Waals surface area contributed by atoms with Gasteiger partial charge in [0.2, 0.25) is 0 Å². The molecule has 4 nitrogen and oxygen atoms in total. The van der Waals surface area contributed by atoms with Crippen LogP contribution in [0.1, 0.15) is 38.1 Å². The number of benzene rings is 2. The summed E-state index contributed by atoms with van der Waals surface area (Å²) in [4.78, 5) is 0. The van der Waals surface area contributed by atoms with Crippen molar-refractivity contribution < 1.29 is 14.4 Å². The van der Waals surface area contributed by atoms with Gasteiger partial charge in [0.25, 0.3) is 5.82 Å². The molecule has 0 radical (unpaired) electrons. The summed E-state index contributed by atoms with van der Waals surface area (Å²) in [5, 5.41) is 10.5. The number of hydrogen-bond acceptors (Lipinski definition) is 2. The first kappa shape index (κ1) is 18.5. The normalized spacial score (nSPS) is 12.7. The van der Waals surface area contributed by atoms with E-state index in [9.17, 15) is 5.11 Å². The number of aromatic nitrogens is 2. The topological polar surface area (TPSA) is 38.3 Å². The van der Waals surface area contributed by atoms with Crippen LogP contribution in [0.4, 0.5) is 0 Å². The molecular formula is C22H29N2O2+. The third kappa shape index (κ3) is 3.75. The predicted molar refractivity (Wildman–Crippen MR) is 105 cm³/mol. The molecule has 26 heavy (non-hydrogen) atoms. The minimum Gasteiger partial charge on any atom is -0.491 e. The van der Waals surface area contributed by atoms with Crippen LogP contribution >= 0.6 is 0 Å². The Morgan fingerprint density at radius 1 is 1.08 bits per heavy atom. The fourth-order valence-corrected chi connectivity index (χ4v) is 3.45. The van der Waals surface area contributed by atoms with Crippen molar-refractivity contribution in [2.45, 2.75) is 52.8 Å². The number of nitrogens with zero attached hydrogens (tertiary/aromatic N) is 2. The second-order valence-corrected chi connectivity index (χ2v) is 7.08. The summed E-state index contributed by atoms with van der Waals surface area (Å²) in [6.45, 7) is 10.3. The van der Waals surface area contributed by atoms with Crippen molar-refractivity contribution in [2.75, 3.05) is 6.61 Å². The molecule has 4 heteroatoms. The van der Waals surface area contributed by atoms with Crippen LogP contribution < -0.4 is 9.30 Å². The van der Waals surface area contributed by atoms with Crippen molar-refractivity contribution in [3.05, 3.63) is 59.9 Å². The number of ether oxygens (including phenoxy) is 1. The Balaban J connectivity index is 1.69. The highest BCUT2D eigenvalue weighted by atomic mass is 16.5. The van der Waals surface area contributed by atoms with Gasteiger partial charge < -0.3 is 9.84 Å². The molecule has 1 aromatic heterocycles. The van der Waals surface area contributed by atoms with Crippen molar-refractivity contribution >= 4 is 11.0 Å². The predicted octanol–water partition coefficient (Wildman–Crippen LogP) is 3.82. The van der Waals surface area contributed by atoms with Gasteiger partial charge in [-0.2, -0.15) is 0 Å². The molecule has 3 aromatic rings. The summed E-state index contributed by atoms with van der Waals surface area (Å²) >= 11 is 0. The third-order valence-electron chi connectivity index (χ3n) is 4.94. The molecule has 2 aromatic carbocycles. The number of hydrogen-bond donors (Lipinski definition) is 1. The molecule has 0 unspecified atom stereocenters. The molecule has 0 aliphatic rings. The molecule has 0 aliphatic heterocycles. The van der Waals surface area contributed by atoms with E-state index < -0.39 is 6.10 Å². The van der Waals surface area contributed by atoms with E-state index in [1.165, 1.54) is 11.1 Å². The third-order valence-corrected chi connectivity index (χ3v) is 4.94. The molecule has 0 amide bonds. The van der Waals surface area contributed by atoms with E-state index in [2.05, 4.69) is 67.2 Å². The second kappa shape index (κ2) is 7.92. The lowest BCUT2D eigenvalue weighted by atomic mass is 10.0. The van der Waals surface area contributed by atoms with E-state index in [1.807, 2.05) is 18.2 Å². The number of rotatable bonds is 7. The van der Waals surface area contributed by atoms with E-state index in [-0.39, 0.29) is 6.61 Å². The average Bonchev–Trinajstić information content (AvgIpc) is 2.91. The second-order valence-electron chi connectivity index (χ2n) is 7.08. The summed E-state index contributed by atoms with van der Waals surface area (Å²) < 4.78 is 10.2. The van der Waals surface area contributed by atoms with Crippen LogP contribution in [-0.4, -0.2) is 22.4 Å². The summed E-state index contributed by atoms with van der Waals surface area (Å²) in [7, 11) is 0. The van der Waals surface area contributed by atoms with Gasteiger partial charge in [-0.1, -0.05) is 38.1 Å². The van der Waals surface area contributed by atoms with Crippen molar-refractivity contribution in [1.29, 1.82) is 0 Å². The minimum atomic E-state index is -0.570. The molecule has 0 aliphatic carbocycles. The summed E-state index contributed by atoms with van der Waals surface area (Å²) in [6, 6.07) is 16.4. The van der Waals surface area contributed by atoms with Crippen LogP contribution in [0, 0.1) is 6.92 Å². The summed E-state index contributed by atoms with van der Waals surface area (Å²) in [5.41, 5.74) is 3.63. The fourth-order valence-electron chi connectivity index (χ4n) is 3.45. The fraction of sp³-hybridized carbons (Fsp3) is 0.409. The number of aliphatic hydroxyl groups is 1. The van der Waals surface area contributed by atoms with Crippen molar-refractivity contribution in [3.8, 4) is 5.75 Å². The maximum Gasteiger partial charge on any atom is 0.254 e. The van der Waals surface area contributed by atoms with Crippen LogP contribution in [0.25, 0.3) is 11.0 Å². The zero-order valence-corrected chi connectivity index (χ0v) is 16.1. The molecule has 0 bridgehead atoms. The van der Waals surface area contributed by atoms with E-state index in [4.69, 9.17) is 4.74 Å². The highest BCUT2D eigenvalue weighted by molar-refractivity contribution is 5.72. The number of fused-ring (bicyclic) bond motifs is 1.